The van der Waals surface area contributed by atoms with E-state index in [2.05, 4.69) is 10.3 Å². The van der Waals surface area contributed by atoms with Gasteiger partial charge in [-0.25, -0.2) is 9.78 Å². The zero-order chi connectivity index (χ0) is 20.9. The summed E-state index contributed by atoms with van der Waals surface area (Å²) in [6, 6.07) is 9.76. The number of carbonyl (C=O) groups excluding carboxylic acids is 3. The minimum atomic E-state index is -0.947. The molecule has 2 rings (SSSR count). The van der Waals surface area contributed by atoms with E-state index in [0.29, 0.717) is 21.8 Å². The molecular weight excluding hydrogens is 376 g/mol. The maximum Gasteiger partial charge on any atom is 0.341 e. The zero-order valence-corrected chi connectivity index (χ0v) is 17.4. The molecule has 1 N–H and O–H groups in total. The second kappa shape index (κ2) is 9.01. The number of carbonyl (C=O) groups is 3. The molecule has 1 heterocycles. The number of aromatic nitrogens is 1. The van der Waals surface area contributed by atoms with Gasteiger partial charge in [-0.2, -0.15) is 0 Å². The van der Waals surface area contributed by atoms with Crippen LogP contribution >= 0.6 is 11.8 Å². The fourth-order valence-electron chi connectivity index (χ4n) is 2.26. The number of nitrogens with zero attached hydrogens (tertiary/aromatic N) is 1. The van der Waals surface area contributed by atoms with Crippen LogP contribution in [0.3, 0.4) is 0 Å². The molecule has 2 aromatic rings. The van der Waals surface area contributed by atoms with E-state index in [1.807, 2.05) is 27.0 Å². The molecule has 1 atom stereocenters. The molecule has 0 unspecified atom stereocenters. The normalized spacial score (nSPS) is 12.2. The van der Waals surface area contributed by atoms with E-state index in [4.69, 9.17) is 4.74 Å². The second-order valence-electron chi connectivity index (χ2n) is 7.25. The fourth-order valence-corrected chi connectivity index (χ4v) is 2.80. The van der Waals surface area contributed by atoms with Gasteiger partial charge in [-0.3, -0.25) is 9.59 Å². The number of ether oxygens (including phenoxy) is 1. The number of esters is 1. The zero-order valence-electron chi connectivity index (χ0n) is 16.6. The molecule has 28 heavy (non-hydrogen) atoms. The van der Waals surface area contributed by atoms with E-state index < -0.39 is 17.5 Å². The van der Waals surface area contributed by atoms with Crippen LogP contribution in [0.5, 0.6) is 0 Å². The third kappa shape index (κ3) is 5.42. The van der Waals surface area contributed by atoms with Gasteiger partial charge in [0.15, 0.2) is 6.10 Å². The number of hydrogen-bond acceptors (Lipinski definition) is 6. The van der Waals surface area contributed by atoms with Crippen LogP contribution in [0.2, 0.25) is 0 Å². The smallest absolute Gasteiger partial charge is 0.341 e. The predicted molar refractivity (Wildman–Crippen MR) is 110 cm³/mol. The second-order valence-corrected chi connectivity index (χ2v) is 8.05. The van der Waals surface area contributed by atoms with Crippen LogP contribution in [-0.2, 0) is 9.53 Å². The van der Waals surface area contributed by atoms with E-state index in [-0.39, 0.29) is 11.7 Å². The predicted octanol–water partition coefficient (Wildman–Crippen LogP) is 4.22. The third-order valence-corrected chi connectivity index (χ3v) is 4.66. The first-order valence-electron chi connectivity index (χ1n) is 8.79. The summed E-state index contributed by atoms with van der Waals surface area (Å²) in [5.41, 5.74) is 0.806. The van der Waals surface area contributed by atoms with Crippen molar-refractivity contribution in [3.63, 3.8) is 0 Å². The number of amides is 1. The number of pyridine rings is 1. The molecule has 0 radical (unpaired) electrons. The van der Waals surface area contributed by atoms with E-state index >= 15 is 0 Å². The Balaban J connectivity index is 2.05. The van der Waals surface area contributed by atoms with Crippen molar-refractivity contribution < 1.29 is 19.1 Å². The van der Waals surface area contributed by atoms with Gasteiger partial charge in [0.2, 0.25) is 11.7 Å². The molecule has 0 saturated heterocycles. The van der Waals surface area contributed by atoms with E-state index in [1.165, 1.54) is 18.7 Å². The average molecular weight is 401 g/mol. The number of Topliss-reactive ketones (excluding diaryl/α,β-unsaturated/α-hetero) is 1. The summed E-state index contributed by atoms with van der Waals surface area (Å²) in [4.78, 5) is 41.1. The Bertz CT molecular complexity index is 873. The Morgan fingerprint density at radius 3 is 2.32 bits per heavy atom. The van der Waals surface area contributed by atoms with Crippen molar-refractivity contribution in [1.82, 2.24) is 4.98 Å². The van der Waals surface area contributed by atoms with Crippen molar-refractivity contribution in [3.05, 3.63) is 53.7 Å². The molecule has 1 aromatic heterocycles. The lowest BCUT2D eigenvalue weighted by Crippen LogP contribution is -2.27. The molecule has 0 aliphatic carbocycles. The highest BCUT2D eigenvalue weighted by Gasteiger charge is 2.23. The monoisotopic (exact) mass is 400 g/mol. The number of rotatable bonds is 6. The van der Waals surface area contributed by atoms with Gasteiger partial charge in [-0.15, -0.1) is 11.8 Å². The van der Waals surface area contributed by atoms with Gasteiger partial charge >= 0.3 is 5.97 Å². The van der Waals surface area contributed by atoms with Crippen molar-refractivity contribution in [1.29, 1.82) is 0 Å². The van der Waals surface area contributed by atoms with Crippen LogP contribution in [0.1, 0.15) is 48.4 Å². The third-order valence-electron chi connectivity index (χ3n) is 3.95. The summed E-state index contributed by atoms with van der Waals surface area (Å²) < 4.78 is 5.32. The van der Waals surface area contributed by atoms with Gasteiger partial charge < -0.3 is 10.1 Å². The molecule has 6 nitrogen and oxygen atoms in total. The van der Waals surface area contributed by atoms with E-state index in [1.54, 1.807) is 42.6 Å². The van der Waals surface area contributed by atoms with Crippen molar-refractivity contribution in [2.24, 2.45) is 5.41 Å². The maximum atomic E-state index is 12.6. The summed E-state index contributed by atoms with van der Waals surface area (Å²) in [6.07, 6.45) is 2.46. The summed E-state index contributed by atoms with van der Waals surface area (Å²) in [5, 5.41) is 3.35. The highest BCUT2D eigenvalue weighted by Crippen LogP contribution is 2.20. The molecule has 0 fully saturated rings. The Morgan fingerprint density at radius 1 is 1.11 bits per heavy atom. The molecule has 0 spiro atoms. The van der Waals surface area contributed by atoms with Crippen LogP contribution < -0.4 is 5.32 Å². The summed E-state index contributed by atoms with van der Waals surface area (Å²) in [7, 11) is 0. The van der Waals surface area contributed by atoms with Crippen LogP contribution in [0.4, 0.5) is 5.69 Å². The minimum absolute atomic E-state index is 0.116. The largest absolute Gasteiger partial charge is 0.451 e. The lowest BCUT2D eigenvalue weighted by Gasteiger charge is -2.18. The Kier molecular flexibility index (Phi) is 6.96. The maximum absolute atomic E-state index is 12.6. The number of anilines is 1. The lowest BCUT2D eigenvalue weighted by atomic mass is 9.95. The summed E-state index contributed by atoms with van der Waals surface area (Å²) >= 11 is 1.33. The molecule has 1 amide bonds. The standard InChI is InChI=1S/C21H24N2O4S/c1-13(27-19(25)16-7-6-12-22-18(16)28-5)17(24)14-8-10-15(11-9-14)23-20(26)21(2,3)4/h6-13H,1-5H3,(H,23,26)/t13-/m0/s1. The molecule has 0 aliphatic rings. The van der Waals surface area contributed by atoms with Gasteiger partial charge in [0.05, 0.1) is 5.56 Å². The first kappa shape index (κ1) is 21.6. The first-order valence-corrected chi connectivity index (χ1v) is 10.0. The van der Waals surface area contributed by atoms with Gasteiger partial charge in [0.1, 0.15) is 5.03 Å². The van der Waals surface area contributed by atoms with Crippen molar-refractivity contribution in [2.75, 3.05) is 11.6 Å². The SMILES string of the molecule is CSc1ncccc1C(=O)O[C@@H](C)C(=O)c1ccc(NC(=O)C(C)(C)C)cc1. The molecular formula is C21H24N2O4S. The Hall–Kier alpha value is -2.67. The van der Waals surface area contributed by atoms with E-state index in [0.717, 1.165) is 0 Å². The van der Waals surface area contributed by atoms with Gasteiger partial charge in [0.25, 0.3) is 0 Å². The molecule has 0 saturated carbocycles. The first-order chi connectivity index (χ1) is 13.1. The van der Waals surface area contributed by atoms with Crippen molar-refractivity contribution >= 4 is 35.1 Å². The number of ketones is 1. The number of benzene rings is 1. The molecule has 7 heteroatoms. The molecule has 1 aromatic carbocycles. The lowest BCUT2D eigenvalue weighted by molar-refractivity contribution is -0.123. The van der Waals surface area contributed by atoms with Crippen molar-refractivity contribution in [3.8, 4) is 0 Å². The number of hydrogen-bond donors (Lipinski definition) is 1. The van der Waals surface area contributed by atoms with Crippen LogP contribution in [0.25, 0.3) is 0 Å². The number of nitrogens with one attached hydrogen (secondary N) is 1. The van der Waals surface area contributed by atoms with Gasteiger partial charge in [-0.05, 0) is 49.6 Å². The highest BCUT2D eigenvalue weighted by molar-refractivity contribution is 7.98. The van der Waals surface area contributed by atoms with E-state index in [9.17, 15) is 14.4 Å². The van der Waals surface area contributed by atoms with Crippen molar-refractivity contribution in [2.45, 2.75) is 38.8 Å². The van der Waals surface area contributed by atoms with Gasteiger partial charge in [-0.1, -0.05) is 20.8 Å². The fraction of sp³-hybridized carbons (Fsp3) is 0.333. The molecule has 0 aliphatic heterocycles. The Labute approximate surface area is 169 Å². The molecule has 148 valence electrons. The minimum Gasteiger partial charge on any atom is -0.451 e. The quantitative estimate of drug-likeness (QED) is 0.444. The topological polar surface area (TPSA) is 85.4 Å². The van der Waals surface area contributed by atoms with Gasteiger partial charge in [0, 0.05) is 22.9 Å². The van der Waals surface area contributed by atoms with Crippen LogP contribution in [-0.4, -0.2) is 35.0 Å². The summed E-state index contributed by atoms with van der Waals surface area (Å²) in [6.45, 7) is 6.99. The summed E-state index contributed by atoms with van der Waals surface area (Å²) in [5.74, 6) is -1.03. The highest BCUT2D eigenvalue weighted by atomic mass is 32.2. The molecule has 0 bridgehead atoms. The number of thioether (sulfide) groups is 1. The Morgan fingerprint density at radius 2 is 1.75 bits per heavy atom. The van der Waals surface area contributed by atoms with Crippen LogP contribution in [0.15, 0.2) is 47.6 Å². The average Bonchev–Trinajstić information content (AvgIpc) is 2.67. The van der Waals surface area contributed by atoms with Crippen LogP contribution in [0, 0.1) is 5.41 Å².